The van der Waals surface area contributed by atoms with Crippen molar-refractivity contribution in [1.29, 1.82) is 0 Å². The highest BCUT2D eigenvalue weighted by Crippen LogP contribution is 2.55. The molecule has 1 aliphatic carbocycles. The van der Waals surface area contributed by atoms with Crippen LogP contribution in [-0.2, 0) is 6.42 Å². The van der Waals surface area contributed by atoms with E-state index in [0.717, 1.165) is 81.4 Å². The molecule has 0 aromatic heterocycles. The Hall–Kier alpha value is -2.31. The van der Waals surface area contributed by atoms with E-state index in [1.807, 2.05) is 11.8 Å². The zero-order valence-corrected chi connectivity index (χ0v) is 30.0. The third kappa shape index (κ3) is 11.2. The fourth-order valence-electron chi connectivity index (χ4n) is 6.57. The molecular weight excluding hydrogens is 553 g/mol. The molecule has 0 bridgehead atoms. The van der Waals surface area contributed by atoms with Gasteiger partial charge in [-0.15, -0.1) is 18.2 Å². The van der Waals surface area contributed by atoms with E-state index in [0.29, 0.717) is 17.8 Å². The minimum absolute atomic E-state index is 0.0216. The van der Waals surface area contributed by atoms with Gasteiger partial charge in [0, 0.05) is 40.2 Å². The first-order chi connectivity index (χ1) is 21.0. The molecular formula is C41H64N2S. The van der Waals surface area contributed by atoms with Gasteiger partial charge in [0.2, 0.25) is 0 Å². The monoisotopic (exact) mass is 616 g/mol. The molecule has 0 saturated heterocycles. The number of allylic oxidation sites excluding steroid dienone is 2. The first-order valence-corrected chi connectivity index (χ1v) is 18.4. The summed E-state index contributed by atoms with van der Waals surface area (Å²) in [5.41, 5.74) is 5.95. The number of anilines is 1. The molecule has 44 heavy (non-hydrogen) atoms. The van der Waals surface area contributed by atoms with Gasteiger partial charge in [0.1, 0.15) is 0 Å². The lowest BCUT2D eigenvalue weighted by Gasteiger charge is -2.46. The van der Waals surface area contributed by atoms with Crippen LogP contribution in [0.4, 0.5) is 5.69 Å². The summed E-state index contributed by atoms with van der Waals surface area (Å²) in [4.78, 5) is 1.24. The summed E-state index contributed by atoms with van der Waals surface area (Å²) in [5.74, 6) is 4.99. The number of benzene rings is 1. The second kappa shape index (κ2) is 19.3. The van der Waals surface area contributed by atoms with Gasteiger partial charge in [-0.25, -0.2) is 0 Å². The van der Waals surface area contributed by atoms with Gasteiger partial charge < -0.3 is 10.6 Å². The summed E-state index contributed by atoms with van der Waals surface area (Å²) in [6.45, 7) is 32.6. The van der Waals surface area contributed by atoms with E-state index in [1.165, 1.54) is 35.3 Å². The molecule has 3 heteroatoms. The van der Waals surface area contributed by atoms with Crippen molar-refractivity contribution in [2.24, 2.45) is 29.1 Å². The van der Waals surface area contributed by atoms with Crippen LogP contribution < -0.4 is 10.6 Å². The Balaban J connectivity index is 1.89. The number of rotatable bonds is 23. The van der Waals surface area contributed by atoms with Crippen molar-refractivity contribution in [2.75, 3.05) is 11.9 Å². The van der Waals surface area contributed by atoms with Gasteiger partial charge in [-0.1, -0.05) is 124 Å². The summed E-state index contributed by atoms with van der Waals surface area (Å²) < 4.78 is 0. The zero-order chi connectivity index (χ0) is 32.7. The van der Waals surface area contributed by atoms with Crippen molar-refractivity contribution in [3.63, 3.8) is 0 Å². The van der Waals surface area contributed by atoms with E-state index < -0.39 is 0 Å². The van der Waals surface area contributed by atoms with E-state index in [9.17, 15) is 0 Å². The van der Waals surface area contributed by atoms with E-state index in [4.69, 9.17) is 6.42 Å². The molecule has 0 heterocycles. The number of unbranched alkanes of at least 4 members (excludes halogenated alkanes) is 3. The molecule has 3 atom stereocenters. The van der Waals surface area contributed by atoms with Gasteiger partial charge in [-0.3, -0.25) is 0 Å². The van der Waals surface area contributed by atoms with Gasteiger partial charge in [0.15, 0.2) is 0 Å². The Kier molecular flexibility index (Phi) is 16.6. The Morgan fingerprint density at radius 2 is 1.64 bits per heavy atom. The Morgan fingerprint density at radius 3 is 2.16 bits per heavy atom. The normalized spacial score (nSPS) is 16.0. The van der Waals surface area contributed by atoms with Crippen LogP contribution in [-0.4, -0.2) is 11.8 Å². The molecule has 2 N–H and O–H groups in total. The van der Waals surface area contributed by atoms with Gasteiger partial charge in [-0.2, -0.15) is 0 Å². The fourth-order valence-corrected chi connectivity index (χ4v) is 7.96. The highest BCUT2D eigenvalue weighted by Gasteiger charge is 2.43. The number of hydrogen-bond acceptors (Lipinski definition) is 3. The summed E-state index contributed by atoms with van der Waals surface area (Å²) in [7, 11) is 0. The molecule has 0 aliphatic heterocycles. The molecule has 0 spiro atoms. The van der Waals surface area contributed by atoms with Crippen molar-refractivity contribution in [1.82, 2.24) is 5.32 Å². The summed E-state index contributed by atoms with van der Waals surface area (Å²) in [6, 6.07) is 8.85. The van der Waals surface area contributed by atoms with Crippen LogP contribution in [0, 0.1) is 41.4 Å². The van der Waals surface area contributed by atoms with E-state index in [1.54, 1.807) is 0 Å². The molecule has 0 amide bonds. The Bertz CT molecular complexity index is 1100. The maximum atomic E-state index is 5.93. The van der Waals surface area contributed by atoms with Crippen molar-refractivity contribution >= 4 is 17.4 Å². The van der Waals surface area contributed by atoms with Crippen LogP contribution in [0.15, 0.2) is 72.5 Å². The lowest BCUT2D eigenvalue weighted by Crippen LogP contribution is -2.38. The maximum absolute atomic E-state index is 5.93. The van der Waals surface area contributed by atoms with E-state index in [2.05, 4.69) is 109 Å². The minimum atomic E-state index is -0.0216. The van der Waals surface area contributed by atoms with Crippen LogP contribution >= 0.6 is 11.8 Å². The molecule has 244 valence electrons. The number of thioether (sulfide) groups is 1. The Morgan fingerprint density at radius 1 is 0.955 bits per heavy atom. The van der Waals surface area contributed by atoms with Crippen molar-refractivity contribution in [2.45, 2.75) is 124 Å². The van der Waals surface area contributed by atoms with Crippen LogP contribution in [0.1, 0.15) is 118 Å². The second-order valence-corrected chi connectivity index (χ2v) is 15.2. The van der Waals surface area contributed by atoms with Crippen LogP contribution in [0.3, 0.4) is 0 Å². The van der Waals surface area contributed by atoms with E-state index >= 15 is 0 Å². The molecule has 1 aliphatic rings. The fraction of sp³-hybridized carbons (Fsp3) is 0.610. The summed E-state index contributed by atoms with van der Waals surface area (Å²) in [6.07, 6.45) is 19.5. The first kappa shape index (κ1) is 37.9. The standard InChI is InChI=1S/C41H64N2S/c1-12-15-21-40(33(9)43-38-24-22-36(23-25-38)29-30(4)5)44-35(11)41(26-19-27-41)34(10)42-28-18-16-17-20-37(13-2)32(8)39(14-3)31(6)7/h2,22-25,30-31,37,39-40,42-43H,8-12,14-21,26-29H2,1,3-7H3. The molecule has 2 nitrogen and oxygen atoms in total. The smallest absolute Gasteiger partial charge is 0.0486 e. The lowest BCUT2D eigenvalue weighted by molar-refractivity contribution is 0.238. The maximum Gasteiger partial charge on any atom is 0.0486 e. The molecule has 0 radical (unpaired) electrons. The third-order valence-corrected chi connectivity index (χ3v) is 11.1. The van der Waals surface area contributed by atoms with Crippen molar-refractivity contribution in [3.8, 4) is 12.3 Å². The SMILES string of the molecule is C#CC(CCCCCNC(=C)C1(C(=C)SC(CCCC)C(=C)Nc2ccc(CC(C)C)cc2)CCC1)C(=C)C(CC)C(C)C. The van der Waals surface area contributed by atoms with E-state index in [-0.39, 0.29) is 16.6 Å². The zero-order valence-electron chi connectivity index (χ0n) is 29.2. The summed E-state index contributed by atoms with van der Waals surface area (Å²) in [5, 5.41) is 7.62. The third-order valence-electron chi connectivity index (χ3n) is 9.59. The summed E-state index contributed by atoms with van der Waals surface area (Å²) >= 11 is 1.91. The van der Waals surface area contributed by atoms with Gasteiger partial charge in [-0.05, 0) is 85.3 Å². The largest absolute Gasteiger partial charge is 0.388 e. The second-order valence-electron chi connectivity index (χ2n) is 13.9. The predicted molar refractivity (Wildman–Crippen MR) is 200 cm³/mol. The van der Waals surface area contributed by atoms with Gasteiger partial charge in [0.05, 0.1) is 0 Å². The average Bonchev–Trinajstić information content (AvgIpc) is 2.95. The highest BCUT2D eigenvalue weighted by atomic mass is 32.2. The molecule has 1 aromatic carbocycles. The predicted octanol–water partition coefficient (Wildman–Crippen LogP) is 11.9. The highest BCUT2D eigenvalue weighted by molar-refractivity contribution is 8.03. The quantitative estimate of drug-likeness (QED) is 0.0726. The molecule has 2 rings (SSSR count). The van der Waals surface area contributed by atoms with Crippen LogP contribution in [0.5, 0.6) is 0 Å². The minimum Gasteiger partial charge on any atom is -0.388 e. The molecule has 3 unspecified atom stereocenters. The molecule has 1 aromatic rings. The lowest BCUT2D eigenvalue weighted by atomic mass is 9.66. The molecule has 1 saturated carbocycles. The van der Waals surface area contributed by atoms with Crippen LogP contribution in [0.2, 0.25) is 0 Å². The molecule has 1 fully saturated rings. The van der Waals surface area contributed by atoms with Crippen molar-refractivity contribution < 1.29 is 0 Å². The first-order valence-electron chi connectivity index (χ1n) is 17.5. The number of terminal acetylenes is 1. The number of nitrogens with one attached hydrogen (secondary N) is 2. The van der Waals surface area contributed by atoms with Gasteiger partial charge in [0.25, 0.3) is 0 Å². The average molecular weight is 617 g/mol. The van der Waals surface area contributed by atoms with Gasteiger partial charge >= 0.3 is 0 Å². The Labute approximate surface area is 277 Å². The van der Waals surface area contributed by atoms with Crippen LogP contribution in [0.25, 0.3) is 0 Å². The van der Waals surface area contributed by atoms with Crippen molar-refractivity contribution in [3.05, 3.63) is 78.0 Å². The number of hydrogen-bond donors (Lipinski definition) is 2. The topological polar surface area (TPSA) is 24.1 Å².